The Balaban J connectivity index is 1.40. The minimum atomic E-state index is -0.0485. The highest BCUT2D eigenvalue weighted by atomic mass is 16.5. The maximum absolute atomic E-state index is 12.8. The topological polar surface area (TPSA) is 60.2 Å². The summed E-state index contributed by atoms with van der Waals surface area (Å²) in [6, 6.07) is 19.7. The molecule has 0 spiro atoms. The van der Waals surface area contributed by atoms with E-state index in [9.17, 15) is 4.79 Å². The molecule has 0 N–H and O–H groups in total. The van der Waals surface area contributed by atoms with Crippen molar-refractivity contribution in [1.82, 2.24) is 19.4 Å². The number of fused-ring (bicyclic) bond motifs is 1. The molecule has 4 rings (SSSR count). The predicted octanol–water partition coefficient (Wildman–Crippen LogP) is 5.29. The van der Waals surface area contributed by atoms with Gasteiger partial charge in [0.25, 0.3) is 5.91 Å². The Bertz CT molecular complexity index is 1250. The zero-order valence-corrected chi connectivity index (χ0v) is 19.6. The summed E-state index contributed by atoms with van der Waals surface area (Å²) in [5, 5.41) is 0. The molecule has 0 saturated heterocycles. The van der Waals surface area contributed by atoms with E-state index in [1.165, 1.54) is 0 Å². The van der Waals surface area contributed by atoms with Crippen LogP contribution in [0.4, 0.5) is 0 Å². The Kier molecular flexibility index (Phi) is 7.71. The van der Waals surface area contributed by atoms with Gasteiger partial charge in [0.05, 0.1) is 24.2 Å². The standard InChI is InChI=1S/C28H30N4O2/c1-3-10-22-11-4-7-14-26(22)34-20-9-8-19-32-25-13-6-5-12-24(25)30-27(32)21-31(2)28(33)23-15-17-29-18-16-23/h3-7,11-18H,1,8-10,19-21H2,2H3. The van der Waals surface area contributed by atoms with Crippen molar-refractivity contribution in [2.24, 2.45) is 0 Å². The Morgan fingerprint density at radius 3 is 2.65 bits per heavy atom. The number of hydrogen-bond donors (Lipinski definition) is 0. The molecule has 34 heavy (non-hydrogen) atoms. The quantitative estimate of drug-likeness (QED) is 0.228. The van der Waals surface area contributed by atoms with Crippen LogP contribution in [0.25, 0.3) is 11.0 Å². The molecule has 6 nitrogen and oxygen atoms in total. The first-order valence-electron chi connectivity index (χ1n) is 11.6. The average molecular weight is 455 g/mol. The zero-order valence-electron chi connectivity index (χ0n) is 19.6. The molecule has 6 heteroatoms. The van der Waals surface area contributed by atoms with Crippen molar-refractivity contribution in [2.45, 2.75) is 32.4 Å². The zero-order chi connectivity index (χ0) is 23.8. The van der Waals surface area contributed by atoms with Gasteiger partial charge in [0, 0.05) is 31.5 Å². The molecule has 0 unspecified atom stereocenters. The second-order valence-electron chi connectivity index (χ2n) is 8.22. The first-order valence-corrected chi connectivity index (χ1v) is 11.6. The van der Waals surface area contributed by atoms with Crippen molar-refractivity contribution in [3.05, 3.63) is 103 Å². The van der Waals surface area contributed by atoms with Crippen molar-refractivity contribution in [2.75, 3.05) is 13.7 Å². The Morgan fingerprint density at radius 2 is 1.82 bits per heavy atom. The summed E-state index contributed by atoms with van der Waals surface area (Å²) in [4.78, 5) is 23.3. The third kappa shape index (κ3) is 5.52. The first kappa shape index (κ1) is 23.2. The van der Waals surface area contributed by atoms with Gasteiger partial charge in [-0.2, -0.15) is 0 Å². The lowest BCUT2D eigenvalue weighted by Gasteiger charge is -2.18. The number of ether oxygens (including phenoxy) is 1. The van der Waals surface area contributed by atoms with Crippen LogP contribution in [-0.2, 0) is 19.5 Å². The van der Waals surface area contributed by atoms with E-state index in [1.54, 1.807) is 36.5 Å². The van der Waals surface area contributed by atoms with Crippen LogP contribution in [-0.4, -0.2) is 39.0 Å². The maximum atomic E-state index is 12.8. The van der Waals surface area contributed by atoms with Crippen LogP contribution in [0.5, 0.6) is 5.75 Å². The van der Waals surface area contributed by atoms with E-state index < -0.39 is 0 Å². The molecule has 0 aliphatic carbocycles. The van der Waals surface area contributed by atoms with Gasteiger partial charge in [-0.15, -0.1) is 6.58 Å². The highest BCUT2D eigenvalue weighted by Gasteiger charge is 2.17. The van der Waals surface area contributed by atoms with Gasteiger partial charge in [0.15, 0.2) is 0 Å². The number of benzene rings is 2. The van der Waals surface area contributed by atoms with Gasteiger partial charge in [-0.05, 0) is 55.2 Å². The van der Waals surface area contributed by atoms with Gasteiger partial charge in [0.2, 0.25) is 0 Å². The summed E-state index contributed by atoms with van der Waals surface area (Å²) in [6.07, 6.45) is 7.82. The molecule has 1 amide bonds. The molecule has 0 atom stereocenters. The second-order valence-corrected chi connectivity index (χ2v) is 8.22. The lowest BCUT2D eigenvalue weighted by Crippen LogP contribution is -2.27. The number of unbranched alkanes of at least 4 members (excludes halogenated alkanes) is 1. The van der Waals surface area contributed by atoms with E-state index in [0.717, 1.165) is 54.0 Å². The largest absolute Gasteiger partial charge is 0.493 e. The van der Waals surface area contributed by atoms with E-state index in [-0.39, 0.29) is 5.91 Å². The third-order valence-electron chi connectivity index (χ3n) is 5.76. The number of hydrogen-bond acceptors (Lipinski definition) is 4. The highest BCUT2D eigenvalue weighted by molar-refractivity contribution is 5.93. The summed E-state index contributed by atoms with van der Waals surface area (Å²) < 4.78 is 8.26. The summed E-state index contributed by atoms with van der Waals surface area (Å²) in [5.41, 5.74) is 3.80. The van der Waals surface area contributed by atoms with Gasteiger partial charge in [0.1, 0.15) is 11.6 Å². The van der Waals surface area contributed by atoms with E-state index in [4.69, 9.17) is 9.72 Å². The minimum absolute atomic E-state index is 0.0485. The van der Waals surface area contributed by atoms with E-state index in [1.807, 2.05) is 42.5 Å². The molecule has 2 aromatic carbocycles. The Hall–Kier alpha value is -3.93. The van der Waals surface area contributed by atoms with E-state index >= 15 is 0 Å². The van der Waals surface area contributed by atoms with Crippen molar-refractivity contribution in [1.29, 1.82) is 0 Å². The number of carbonyl (C=O) groups excluding carboxylic acids is 1. The number of amides is 1. The van der Waals surface area contributed by atoms with Crippen LogP contribution in [0.3, 0.4) is 0 Å². The molecule has 0 aliphatic heterocycles. The van der Waals surface area contributed by atoms with Crippen molar-refractivity contribution >= 4 is 16.9 Å². The lowest BCUT2D eigenvalue weighted by atomic mass is 10.1. The minimum Gasteiger partial charge on any atom is -0.493 e. The average Bonchev–Trinajstić information content (AvgIpc) is 3.21. The van der Waals surface area contributed by atoms with Crippen molar-refractivity contribution in [3.63, 3.8) is 0 Å². The van der Waals surface area contributed by atoms with Gasteiger partial charge < -0.3 is 14.2 Å². The molecule has 4 aromatic rings. The number of aromatic nitrogens is 3. The predicted molar refractivity (Wildman–Crippen MR) is 135 cm³/mol. The van der Waals surface area contributed by atoms with Crippen LogP contribution in [0.1, 0.15) is 34.6 Å². The van der Waals surface area contributed by atoms with Gasteiger partial charge in [-0.3, -0.25) is 9.78 Å². The Labute approximate surface area is 200 Å². The number of rotatable bonds is 11. The molecule has 0 radical (unpaired) electrons. The molecule has 174 valence electrons. The summed E-state index contributed by atoms with van der Waals surface area (Å²) in [6.45, 7) is 5.72. The van der Waals surface area contributed by atoms with E-state index in [2.05, 4.69) is 28.3 Å². The molecule has 2 heterocycles. The fraction of sp³-hybridized carbons (Fsp3) is 0.250. The number of nitrogens with zero attached hydrogens (tertiary/aromatic N) is 4. The van der Waals surface area contributed by atoms with Crippen molar-refractivity contribution in [3.8, 4) is 5.75 Å². The second kappa shape index (κ2) is 11.3. The van der Waals surface area contributed by atoms with Gasteiger partial charge in [-0.1, -0.05) is 36.4 Å². The summed E-state index contributed by atoms with van der Waals surface area (Å²) >= 11 is 0. The molecular formula is C28H30N4O2. The van der Waals surface area contributed by atoms with Crippen LogP contribution in [0.15, 0.2) is 85.7 Å². The summed E-state index contributed by atoms with van der Waals surface area (Å²) in [7, 11) is 1.81. The fourth-order valence-electron chi connectivity index (χ4n) is 4.02. The molecule has 0 aliphatic rings. The lowest BCUT2D eigenvalue weighted by molar-refractivity contribution is 0.0780. The highest BCUT2D eigenvalue weighted by Crippen LogP contribution is 2.21. The number of imidazole rings is 1. The molecule has 0 fully saturated rings. The molecule has 0 saturated carbocycles. The maximum Gasteiger partial charge on any atom is 0.254 e. The Morgan fingerprint density at radius 1 is 1.06 bits per heavy atom. The third-order valence-corrected chi connectivity index (χ3v) is 5.76. The molecule has 2 aromatic heterocycles. The van der Waals surface area contributed by atoms with Gasteiger partial charge in [-0.25, -0.2) is 4.98 Å². The van der Waals surface area contributed by atoms with Gasteiger partial charge >= 0.3 is 0 Å². The number of allylic oxidation sites excluding steroid dienone is 1. The number of aryl methyl sites for hydroxylation is 1. The van der Waals surface area contributed by atoms with Crippen LogP contribution >= 0.6 is 0 Å². The number of pyridine rings is 1. The van der Waals surface area contributed by atoms with Crippen molar-refractivity contribution < 1.29 is 9.53 Å². The molecular weight excluding hydrogens is 424 g/mol. The first-order chi connectivity index (χ1) is 16.7. The molecule has 0 bridgehead atoms. The SMILES string of the molecule is C=CCc1ccccc1OCCCCn1c(CN(C)C(=O)c2ccncc2)nc2ccccc21. The van der Waals surface area contributed by atoms with Crippen LogP contribution in [0, 0.1) is 0 Å². The smallest absolute Gasteiger partial charge is 0.254 e. The normalized spacial score (nSPS) is 10.9. The van der Waals surface area contributed by atoms with Crippen LogP contribution in [0.2, 0.25) is 0 Å². The summed E-state index contributed by atoms with van der Waals surface area (Å²) in [5.74, 6) is 1.75. The van der Waals surface area contributed by atoms with E-state index in [0.29, 0.717) is 18.7 Å². The van der Waals surface area contributed by atoms with Crippen LogP contribution < -0.4 is 4.74 Å². The number of carbonyl (C=O) groups is 1. The fourth-order valence-corrected chi connectivity index (χ4v) is 4.02. The monoisotopic (exact) mass is 454 g/mol. The number of para-hydroxylation sites is 3.